The highest BCUT2D eigenvalue weighted by Crippen LogP contribution is 2.34. The van der Waals surface area contributed by atoms with Gasteiger partial charge in [-0.3, -0.25) is 0 Å². The molecule has 0 N–H and O–H groups in total. The van der Waals surface area contributed by atoms with Gasteiger partial charge in [-0.1, -0.05) is 18.0 Å². The molecule has 0 saturated carbocycles. The van der Waals surface area contributed by atoms with E-state index in [9.17, 15) is 8.42 Å². The van der Waals surface area contributed by atoms with Crippen molar-refractivity contribution in [1.29, 1.82) is 0 Å². The second-order valence-corrected chi connectivity index (χ2v) is 7.48. The number of benzene rings is 1. The number of ether oxygens (including phenoxy) is 1. The summed E-state index contributed by atoms with van der Waals surface area (Å²) in [5, 5.41) is 0.439. The van der Waals surface area contributed by atoms with Crippen molar-refractivity contribution in [2.75, 3.05) is 13.7 Å². The highest BCUT2D eigenvalue weighted by atomic mass is 35.5. The van der Waals surface area contributed by atoms with Gasteiger partial charge in [-0.05, 0) is 44.4 Å². The summed E-state index contributed by atoms with van der Waals surface area (Å²) in [6.45, 7) is 4.32. The van der Waals surface area contributed by atoms with Crippen LogP contribution in [0.15, 0.2) is 17.0 Å². The maximum Gasteiger partial charge on any atom is 0.247 e. The highest BCUT2D eigenvalue weighted by Gasteiger charge is 2.33. The third kappa shape index (κ3) is 2.80. The first-order chi connectivity index (χ1) is 9.37. The second-order valence-electron chi connectivity index (χ2n) is 5.21. The van der Waals surface area contributed by atoms with Gasteiger partial charge in [0.25, 0.3) is 0 Å². The average Bonchev–Trinajstić information content (AvgIpc) is 2.41. The maximum atomic E-state index is 12.8. The van der Waals surface area contributed by atoms with Gasteiger partial charge >= 0.3 is 0 Å². The fourth-order valence-electron chi connectivity index (χ4n) is 2.55. The van der Waals surface area contributed by atoms with Crippen LogP contribution in [0.3, 0.4) is 0 Å². The van der Waals surface area contributed by atoms with Crippen LogP contribution in [0.4, 0.5) is 0 Å². The largest absolute Gasteiger partial charge is 0.495 e. The number of aryl methyl sites for hydroxylation is 1. The summed E-state index contributed by atoms with van der Waals surface area (Å²) in [7, 11) is -2.10. The number of rotatable bonds is 3. The minimum atomic E-state index is -3.57. The van der Waals surface area contributed by atoms with E-state index in [0.29, 0.717) is 17.3 Å². The van der Waals surface area contributed by atoms with Gasteiger partial charge in [-0.2, -0.15) is 4.31 Å². The van der Waals surface area contributed by atoms with E-state index in [1.807, 2.05) is 13.8 Å². The summed E-state index contributed by atoms with van der Waals surface area (Å²) in [5.41, 5.74) is 0.800. The number of nitrogens with zero attached hydrogens (tertiary/aromatic N) is 1. The molecule has 1 fully saturated rings. The first-order valence-electron chi connectivity index (χ1n) is 6.74. The minimum Gasteiger partial charge on any atom is -0.495 e. The first kappa shape index (κ1) is 15.6. The second kappa shape index (κ2) is 5.92. The predicted octanol–water partition coefficient (Wildman–Crippen LogP) is 3.22. The van der Waals surface area contributed by atoms with Gasteiger partial charge in [0.2, 0.25) is 10.0 Å². The Balaban J connectivity index is 2.51. The van der Waals surface area contributed by atoms with Crippen LogP contribution in [0.5, 0.6) is 5.75 Å². The number of hydrogen-bond donors (Lipinski definition) is 0. The fraction of sp³-hybridized carbons (Fsp3) is 0.571. The van der Waals surface area contributed by atoms with Crippen molar-refractivity contribution in [1.82, 2.24) is 4.31 Å². The third-order valence-electron chi connectivity index (χ3n) is 3.77. The van der Waals surface area contributed by atoms with Gasteiger partial charge in [-0.15, -0.1) is 0 Å². The highest BCUT2D eigenvalue weighted by molar-refractivity contribution is 7.89. The molecule has 20 heavy (non-hydrogen) atoms. The summed E-state index contributed by atoms with van der Waals surface area (Å²) in [6.07, 6.45) is 2.85. The molecule has 6 heteroatoms. The quantitative estimate of drug-likeness (QED) is 0.860. The van der Waals surface area contributed by atoms with Crippen LogP contribution in [-0.4, -0.2) is 32.4 Å². The smallest absolute Gasteiger partial charge is 0.247 e. The third-order valence-corrected chi connectivity index (χ3v) is 6.22. The molecule has 4 nitrogen and oxygen atoms in total. The molecule has 0 bridgehead atoms. The van der Waals surface area contributed by atoms with E-state index in [2.05, 4.69) is 0 Å². The fourth-order valence-corrected chi connectivity index (χ4v) is 4.65. The van der Waals surface area contributed by atoms with Crippen molar-refractivity contribution < 1.29 is 13.2 Å². The Bertz CT molecular complexity index is 601. The SMILES string of the molecule is COc1cc(C)c(Cl)cc1S(=O)(=O)N1CCCC[C@H]1C. The van der Waals surface area contributed by atoms with Crippen LogP contribution < -0.4 is 4.74 Å². The lowest BCUT2D eigenvalue weighted by molar-refractivity contribution is 0.267. The van der Waals surface area contributed by atoms with Gasteiger partial charge in [-0.25, -0.2) is 8.42 Å². The molecule has 1 aliphatic heterocycles. The van der Waals surface area contributed by atoms with Gasteiger partial charge in [0.1, 0.15) is 10.6 Å². The van der Waals surface area contributed by atoms with Crippen molar-refractivity contribution in [3.05, 3.63) is 22.7 Å². The molecule has 0 aromatic heterocycles. The Morgan fingerprint density at radius 2 is 2.05 bits per heavy atom. The van der Waals surface area contributed by atoms with Crippen molar-refractivity contribution >= 4 is 21.6 Å². The Labute approximate surface area is 125 Å². The van der Waals surface area contributed by atoms with E-state index in [-0.39, 0.29) is 10.9 Å². The molecule has 1 aromatic carbocycles. The van der Waals surface area contributed by atoms with Crippen molar-refractivity contribution in [3.63, 3.8) is 0 Å². The van der Waals surface area contributed by atoms with Gasteiger partial charge in [0.15, 0.2) is 0 Å². The maximum absolute atomic E-state index is 12.8. The molecule has 1 heterocycles. The van der Waals surface area contributed by atoms with Crippen LogP contribution in [0.2, 0.25) is 5.02 Å². The zero-order valence-electron chi connectivity index (χ0n) is 12.0. The Morgan fingerprint density at radius 3 is 2.65 bits per heavy atom. The molecular formula is C14H20ClNO3S. The first-order valence-corrected chi connectivity index (χ1v) is 8.55. The summed E-state index contributed by atoms with van der Waals surface area (Å²) < 4.78 is 32.4. The lowest BCUT2D eigenvalue weighted by atomic mass is 10.1. The Hall–Kier alpha value is -0.780. The van der Waals surface area contributed by atoms with Crippen LogP contribution in [0, 0.1) is 6.92 Å². The zero-order valence-corrected chi connectivity index (χ0v) is 13.6. The van der Waals surface area contributed by atoms with Crippen molar-refractivity contribution in [2.24, 2.45) is 0 Å². The molecule has 0 radical (unpaired) electrons. The molecule has 0 spiro atoms. The Morgan fingerprint density at radius 1 is 1.35 bits per heavy atom. The standard InChI is InChI=1S/C14H20ClNO3S/c1-10-8-13(19-3)14(9-12(10)15)20(17,18)16-7-5-4-6-11(16)2/h8-9,11H,4-7H2,1-3H3/t11-/m1/s1. The van der Waals surface area contributed by atoms with E-state index < -0.39 is 10.0 Å². The minimum absolute atomic E-state index is 0.0125. The molecule has 1 aliphatic rings. The monoisotopic (exact) mass is 317 g/mol. The number of hydrogen-bond acceptors (Lipinski definition) is 3. The normalized spacial score (nSPS) is 20.9. The topological polar surface area (TPSA) is 46.6 Å². The zero-order chi connectivity index (χ0) is 14.9. The lowest BCUT2D eigenvalue weighted by Crippen LogP contribution is -2.42. The number of sulfonamides is 1. The van der Waals surface area contributed by atoms with Gasteiger partial charge < -0.3 is 4.74 Å². The van der Waals surface area contributed by atoms with E-state index in [1.165, 1.54) is 13.2 Å². The number of piperidine rings is 1. The predicted molar refractivity (Wildman–Crippen MR) is 79.9 cm³/mol. The molecule has 1 atom stereocenters. The molecule has 0 aliphatic carbocycles. The van der Waals surface area contributed by atoms with Gasteiger partial charge in [0, 0.05) is 17.6 Å². The van der Waals surface area contributed by atoms with Gasteiger partial charge in [0.05, 0.1) is 7.11 Å². The molecule has 112 valence electrons. The average molecular weight is 318 g/mol. The summed E-state index contributed by atoms with van der Waals surface area (Å²) in [4.78, 5) is 0.157. The molecular weight excluding hydrogens is 298 g/mol. The Kier molecular flexibility index (Phi) is 4.62. The number of methoxy groups -OCH3 is 1. The van der Waals surface area contributed by atoms with Crippen LogP contribution in [0.25, 0.3) is 0 Å². The van der Waals surface area contributed by atoms with Crippen molar-refractivity contribution in [2.45, 2.75) is 44.0 Å². The molecule has 0 unspecified atom stereocenters. The van der Waals surface area contributed by atoms with E-state index in [1.54, 1.807) is 10.4 Å². The van der Waals surface area contributed by atoms with Crippen LogP contribution in [-0.2, 0) is 10.0 Å². The molecule has 2 rings (SSSR count). The van der Waals surface area contributed by atoms with E-state index in [0.717, 1.165) is 24.8 Å². The van der Waals surface area contributed by atoms with Crippen LogP contribution in [0.1, 0.15) is 31.7 Å². The molecule has 0 amide bonds. The van der Waals surface area contributed by atoms with Crippen LogP contribution >= 0.6 is 11.6 Å². The summed E-state index contributed by atoms with van der Waals surface area (Å²) in [6, 6.07) is 3.18. The molecule has 1 saturated heterocycles. The molecule has 1 aromatic rings. The van der Waals surface area contributed by atoms with Crippen molar-refractivity contribution in [3.8, 4) is 5.75 Å². The number of halogens is 1. The summed E-state index contributed by atoms with van der Waals surface area (Å²) >= 11 is 6.09. The summed E-state index contributed by atoms with van der Waals surface area (Å²) in [5.74, 6) is 0.352. The van der Waals surface area contributed by atoms with E-state index in [4.69, 9.17) is 16.3 Å². The lowest BCUT2D eigenvalue weighted by Gasteiger charge is -2.32. The van der Waals surface area contributed by atoms with E-state index >= 15 is 0 Å².